The molecule has 2 rings (SSSR count). The summed E-state index contributed by atoms with van der Waals surface area (Å²) >= 11 is 3.42. The topological polar surface area (TPSA) is 81.9 Å². The molecule has 90 valence electrons. The Balaban J connectivity index is 2.49. The number of aryl methyl sites for hydroxylation is 1. The lowest BCUT2D eigenvalue weighted by Gasteiger charge is -2.18. The van der Waals surface area contributed by atoms with Crippen LogP contribution >= 0.6 is 15.9 Å². The van der Waals surface area contributed by atoms with Crippen molar-refractivity contribution >= 4 is 21.6 Å². The van der Waals surface area contributed by atoms with Gasteiger partial charge < -0.3 is 10.3 Å². The Hall–Kier alpha value is -1.37. The lowest BCUT2D eigenvalue weighted by atomic mass is 10.0. The molecule has 1 aromatic heterocycles. The molecule has 1 aromatic carbocycles. The van der Waals surface area contributed by atoms with Gasteiger partial charge in [-0.1, -0.05) is 15.9 Å². The number of benzene rings is 1. The molecule has 0 aliphatic heterocycles. The van der Waals surface area contributed by atoms with Crippen molar-refractivity contribution in [2.24, 2.45) is 12.9 Å². The van der Waals surface area contributed by atoms with E-state index in [1.165, 1.54) is 0 Å². The van der Waals surface area contributed by atoms with Crippen molar-refractivity contribution in [2.75, 3.05) is 5.73 Å². The molecule has 5 nitrogen and oxygen atoms in total. The van der Waals surface area contributed by atoms with Crippen molar-refractivity contribution in [2.45, 2.75) is 6.04 Å². The van der Waals surface area contributed by atoms with Gasteiger partial charge in [-0.3, -0.25) is 5.84 Å². The third-order valence-corrected chi connectivity index (χ3v) is 3.14. The number of hydrogen-bond acceptors (Lipinski definition) is 4. The van der Waals surface area contributed by atoms with E-state index in [4.69, 9.17) is 11.6 Å². The Morgan fingerprint density at radius 2 is 2.24 bits per heavy atom. The maximum absolute atomic E-state index is 5.97. The van der Waals surface area contributed by atoms with Gasteiger partial charge in [0.25, 0.3) is 0 Å². The summed E-state index contributed by atoms with van der Waals surface area (Å²) in [5.74, 6) is 6.43. The zero-order valence-corrected chi connectivity index (χ0v) is 11.0. The van der Waals surface area contributed by atoms with Crippen molar-refractivity contribution in [1.82, 2.24) is 15.0 Å². The predicted octanol–water partition coefficient (Wildman–Crippen LogP) is 1.32. The molecule has 0 aliphatic carbocycles. The monoisotopic (exact) mass is 295 g/mol. The summed E-state index contributed by atoms with van der Waals surface area (Å²) < 4.78 is 2.86. The van der Waals surface area contributed by atoms with Crippen molar-refractivity contribution in [1.29, 1.82) is 0 Å². The molecular weight excluding hydrogens is 282 g/mol. The van der Waals surface area contributed by atoms with Crippen LogP contribution in [0.25, 0.3) is 0 Å². The SMILES string of the molecule is Cn1ccnc1C(NN)c1cc(Br)ccc1N. The first kappa shape index (κ1) is 12.1. The van der Waals surface area contributed by atoms with Gasteiger partial charge in [0.1, 0.15) is 11.9 Å². The van der Waals surface area contributed by atoms with Crippen LogP contribution in [0.4, 0.5) is 5.69 Å². The highest BCUT2D eigenvalue weighted by atomic mass is 79.9. The molecule has 6 heteroatoms. The van der Waals surface area contributed by atoms with Crippen LogP contribution in [-0.2, 0) is 7.05 Å². The van der Waals surface area contributed by atoms with Crippen LogP contribution < -0.4 is 17.0 Å². The van der Waals surface area contributed by atoms with Crippen molar-refractivity contribution in [3.63, 3.8) is 0 Å². The lowest BCUT2D eigenvalue weighted by Crippen LogP contribution is -2.31. The summed E-state index contributed by atoms with van der Waals surface area (Å²) in [6.45, 7) is 0. The standard InChI is InChI=1S/C11H14BrN5/c1-17-5-4-15-11(17)10(16-14)8-6-7(12)2-3-9(8)13/h2-6,10,16H,13-14H2,1H3. The minimum Gasteiger partial charge on any atom is -0.398 e. The number of nitrogens with one attached hydrogen (secondary N) is 1. The molecule has 2 aromatic rings. The molecule has 0 radical (unpaired) electrons. The van der Waals surface area contributed by atoms with Gasteiger partial charge >= 0.3 is 0 Å². The highest BCUT2D eigenvalue weighted by molar-refractivity contribution is 9.10. The minimum atomic E-state index is -0.229. The normalized spacial score (nSPS) is 12.6. The third kappa shape index (κ3) is 2.33. The molecule has 17 heavy (non-hydrogen) atoms. The van der Waals surface area contributed by atoms with Crippen molar-refractivity contribution in [3.05, 3.63) is 46.5 Å². The smallest absolute Gasteiger partial charge is 0.131 e. The number of aromatic nitrogens is 2. The Labute approximate surface area is 108 Å². The van der Waals surface area contributed by atoms with E-state index in [9.17, 15) is 0 Å². The van der Waals surface area contributed by atoms with Crippen LogP contribution in [0.5, 0.6) is 0 Å². The summed E-state index contributed by atoms with van der Waals surface area (Å²) in [6, 6.07) is 5.44. The second-order valence-electron chi connectivity index (χ2n) is 3.77. The van der Waals surface area contributed by atoms with E-state index in [2.05, 4.69) is 26.3 Å². The average molecular weight is 296 g/mol. The van der Waals surface area contributed by atoms with E-state index in [1.807, 2.05) is 36.0 Å². The van der Waals surface area contributed by atoms with Crippen LogP contribution in [0, 0.1) is 0 Å². The second kappa shape index (κ2) is 4.87. The molecule has 0 amide bonds. The molecule has 1 heterocycles. The van der Waals surface area contributed by atoms with Crippen LogP contribution in [0.3, 0.4) is 0 Å². The Kier molecular flexibility index (Phi) is 3.46. The zero-order valence-electron chi connectivity index (χ0n) is 9.39. The van der Waals surface area contributed by atoms with Crippen molar-refractivity contribution in [3.8, 4) is 0 Å². The molecule has 0 spiro atoms. The number of nitrogen functional groups attached to an aromatic ring is 1. The summed E-state index contributed by atoms with van der Waals surface area (Å²) in [6.07, 6.45) is 3.60. The number of hydrogen-bond donors (Lipinski definition) is 3. The molecule has 0 fully saturated rings. The van der Waals surface area contributed by atoms with E-state index in [-0.39, 0.29) is 6.04 Å². The number of halogens is 1. The summed E-state index contributed by atoms with van der Waals surface area (Å²) in [4.78, 5) is 4.28. The van der Waals surface area contributed by atoms with Crippen molar-refractivity contribution < 1.29 is 0 Å². The Bertz CT molecular complexity index is 522. The molecule has 1 atom stereocenters. The van der Waals surface area contributed by atoms with Gasteiger partial charge in [0.05, 0.1) is 0 Å². The van der Waals surface area contributed by atoms with Gasteiger partial charge in [-0.25, -0.2) is 10.4 Å². The number of nitrogens with two attached hydrogens (primary N) is 2. The number of imidazole rings is 1. The molecule has 0 bridgehead atoms. The maximum Gasteiger partial charge on any atom is 0.131 e. The van der Waals surface area contributed by atoms with E-state index >= 15 is 0 Å². The van der Waals surface area contributed by atoms with E-state index in [0.29, 0.717) is 5.69 Å². The van der Waals surface area contributed by atoms with E-state index < -0.39 is 0 Å². The summed E-state index contributed by atoms with van der Waals surface area (Å²) in [5.41, 5.74) is 10.3. The average Bonchev–Trinajstić information content (AvgIpc) is 2.71. The van der Waals surface area contributed by atoms with Gasteiger partial charge in [0.2, 0.25) is 0 Å². The van der Waals surface area contributed by atoms with Gasteiger partial charge in [0, 0.05) is 35.2 Å². The fraction of sp³-hybridized carbons (Fsp3) is 0.182. The van der Waals surface area contributed by atoms with Crippen LogP contribution in [-0.4, -0.2) is 9.55 Å². The van der Waals surface area contributed by atoms with E-state index in [0.717, 1.165) is 15.9 Å². The maximum atomic E-state index is 5.97. The zero-order chi connectivity index (χ0) is 12.4. The third-order valence-electron chi connectivity index (χ3n) is 2.64. The fourth-order valence-electron chi connectivity index (χ4n) is 1.75. The van der Waals surface area contributed by atoms with Crippen LogP contribution in [0.15, 0.2) is 35.1 Å². The Morgan fingerprint density at radius 3 is 2.82 bits per heavy atom. The van der Waals surface area contributed by atoms with Crippen LogP contribution in [0.1, 0.15) is 17.4 Å². The predicted molar refractivity (Wildman–Crippen MR) is 70.9 cm³/mol. The van der Waals surface area contributed by atoms with Gasteiger partial charge in [0.15, 0.2) is 0 Å². The largest absolute Gasteiger partial charge is 0.398 e. The Morgan fingerprint density at radius 1 is 1.47 bits per heavy atom. The van der Waals surface area contributed by atoms with Crippen LogP contribution in [0.2, 0.25) is 0 Å². The second-order valence-corrected chi connectivity index (χ2v) is 4.68. The molecule has 0 saturated heterocycles. The number of anilines is 1. The van der Waals surface area contributed by atoms with Gasteiger partial charge in [-0.05, 0) is 18.2 Å². The number of hydrazine groups is 1. The quantitative estimate of drug-likeness (QED) is 0.453. The number of rotatable bonds is 3. The molecule has 0 saturated carbocycles. The highest BCUT2D eigenvalue weighted by Crippen LogP contribution is 2.27. The first-order chi connectivity index (χ1) is 8.13. The number of nitrogens with zero attached hydrogens (tertiary/aromatic N) is 2. The molecular formula is C11H14BrN5. The van der Waals surface area contributed by atoms with Gasteiger partial charge in [-0.2, -0.15) is 0 Å². The van der Waals surface area contributed by atoms with E-state index in [1.54, 1.807) is 6.20 Å². The first-order valence-corrected chi connectivity index (χ1v) is 5.91. The van der Waals surface area contributed by atoms with Gasteiger partial charge in [-0.15, -0.1) is 0 Å². The first-order valence-electron chi connectivity index (χ1n) is 5.11. The highest BCUT2D eigenvalue weighted by Gasteiger charge is 2.19. The molecule has 5 N–H and O–H groups in total. The summed E-state index contributed by atoms with van der Waals surface area (Å²) in [7, 11) is 1.92. The lowest BCUT2D eigenvalue weighted by molar-refractivity contribution is 0.581. The summed E-state index contributed by atoms with van der Waals surface area (Å²) in [5, 5.41) is 0. The minimum absolute atomic E-state index is 0.229. The molecule has 0 aliphatic rings. The molecule has 1 unspecified atom stereocenters. The fourth-order valence-corrected chi connectivity index (χ4v) is 2.13.